The predicted molar refractivity (Wildman–Crippen MR) is 46.9 cm³/mol. The summed E-state index contributed by atoms with van der Waals surface area (Å²) in [6.45, 7) is 0. The Morgan fingerprint density at radius 3 is 2.70 bits per heavy atom. The molecule has 0 radical (unpaired) electrons. The van der Waals surface area contributed by atoms with E-state index in [1.807, 2.05) is 0 Å². The topological polar surface area (TPSA) is 12.9 Å². The van der Waals surface area contributed by atoms with E-state index in [1.54, 1.807) is 12.3 Å². The second-order valence-corrected chi connectivity index (χ2v) is 3.09. The highest BCUT2D eigenvalue weighted by Gasteiger charge is 1.98. The Labute approximate surface area is 77.5 Å². The van der Waals surface area contributed by atoms with Gasteiger partial charge in [-0.2, -0.15) is 0 Å². The number of rotatable bonds is 1. The summed E-state index contributed by atoms with van der Waals surface area (Å²) in [5.41, 5.74) is 0.950. The summed E-state index contributed by atoms with van der Waals surface area (Å²) in [7, 11) is 0. The molecule has 0 aliphatic carbocycles. The minimum atomic E-state index is 0.426. The fourth-order valence-corrected chi connectivity index (χ4v) is 1.58. The lowest BCUT2D eigenvalue weighted by Crippen LogP contribution is -1.82. The Hall–Kier alpha value is 0.210. The van der Waals surface area contributed by atoms with Crippen LogP contribution in [0.25, 0.3) is 0 Å². The quantitative estimate of drug-likeness (QED) is 0.543. The first-order chi connectivity index (χ1) is 4.74. The van der Waals surface area contributed by atoms with Crippen LogP contribution in [0.2, 0.25) is 10.2 Å². The Morgan fingerprint density at radius 1 is 1.50 bits per heavy atom. The van der Waals surface area contributed by atoms with Crippen LogP contribution in [0.4, 0.5) is 0 Å². The van der Waals surface area contributed by atoms with E-state index < -0.39 is 0 Å². The lowest BCUT2D eigenvalue weighted by Gasteiger charge is -1.97. The average molecular weight is 241 g/mol. The molecule has 1 aromatic heterocycles. The third kappa shape index (κ3) is 1.84. The van der Waals surface area contributed by atoms with Gasteiger partial charge < -0.3 is 0 Å². The largest absolute Gasteiger partial charge is 0.244 e. The molecule has 0 saturated carbocycles. The SMILES string of the molecule is Clc1cc(Cl)c(CBr)cn1. The molecule has 1 heterocycles. The fourth-order valence-electron chi connectivity index (χ4n) is 0.534. The summed E-state index contributed by atoms with van der Waals surface area (Å²) in [6.07, 6.45) is 1.65. The molecule has 1 aromatic rings. The molecule has 10 heavy (non-hydrogen) atoms. The maximum Gasteiger partial charge on any atom is 0.130 e. The van der Waals surface area contributed by atoms with Gasteiger partial charge in [0.05, 0.1) is 0 Å². The summed E-state index contributed by atoms with van der Waals surface area (Å²) >= 11 is 14.6. The molecule has 0 atom stereocenters. The zero-order valence-corrected chi connectivity index (χ0v) is 8.04. The summed E-state index contributed by atoms with van der Waals surface area (Å²) in [5, 5.41) is 1.78. The lowest BCUT2D eigenvalue weighted by molar-refractivity contribution is 1.26. The van der Waals surface area contributed by atoms with Gasteiger partial charge in [-0.15, -0.1) is 0 Å². The van der Waals surface area contributed by atoms with Gasteiger partial charge in [-0.1, -0.05) is 39.1 Å². The van der Waals surface area contributed by atoms with Crippen LogP contribution in [0.15, 0.2) is 12.3 Å². The standard InChI is InChI=1S/C6H4BrCl2N/c7-2-4-3-10-6(9)1-5(4)8/h1,3H,2H2. The van der Waals surface area contributed by atoms with Gasteiger partial charge in [-0.05, 0) is 11.6 Å². The van der Waals surface area contributed by atoms with E-state index in [4.69, 9.17) is 23.2 Å². The van der Waals surface area contributed by atoms with Gasteiger partial charge in [0, 0.05) is 16.5 Å². The molecule has 0 spiro atoms. The van der Waals surface area contributed by atoms with Crippen molar-refractivity contribution >= 4 is 39.1 Å². The van der Waals surface area contributed by atoms with Crippen LogP contribution >= 0.6 is 39.1 Å². The third-order valence-electron chi connectivity index (χ3n) is 1.04. The van der Waals surface area contributed by atoms with Crippen LogP contribution in [-0.2, 0) is 5.33 Å². The fraction of sp³-hybridized carbons (Fsp3) is 0.167. The maximum absolute atomic E-state index is 5.78. The summed E-state index contributed by atoms with van der Waals surface area (Å²) in [4.78, 5) is 3.86. The minimum Gasteiger partial charge on any atom is -0.244 e. The lowest BCUT2D eigenvalue weighted by atomic mass is 10.3. The number of halogens is 3. The van der Waals surface area contributed by atoms with E-state index in [0.717, 1.165) is 5.56 Å². The number of aromatic nitrogens is 1. The van der Waals surface area contributed by atoms with E-state index in [2.05, 4.69) is 20.9 Å². The van der Waals surface area contributed by atoms with Gasteiger partial charge in [0.25, 0.3) is 0 Å². The monoisotopic (exact) mass is 239 g/mol. The molecule has 54 valence electrons. The van der Waals surface area contributed by atoms with Gasteiger partial charge in [-0.25, -0.2) is 4.98 Å². The van der Waals surface area contributed by atoms with E-state index in [0.29, 0.717) is 15.5 Å². The first kappa shape index (κ1) is 8.31. The van der Waals surface area contributed by atoms with Gasteiger partial charge in [0.2, 0.25) is 0 Å². The van der Waals surface area contributed by atoms with Gasteiger partial charge in [0.15, 0.2) is 0 Å². The van der Waals surface area contributed by atoms with Crippen LogP contribution < -0.4 is 0 Å². The molecule has 0 amide bonds. The molecular weight excluding hydrogens is 237 g/mol. The van der Waals surface area contributed by atoms with Crippen molar-refractivity contribution < 1.29 is 0 Å². The molecule has 0 aliphatic heterocycles. The first-order valence-corrected chi connectivity index (χ1v) is 4.47. The van der Waals surface area contributed by atoms with Gasteiger partial charge >= 0.3 is 0 Å². The second-order valence-electron chi connectivity index (χ2n) is 1.73. The van der Waals surface area contributed by atoms with Crippen LogP contribution in [0.5, 0.6) is 0 Å². The number of hydrogen-bond acceptors (Lipinski definition) is 1. The summed E-state index contributed by atoms with van der Waals surface area (Å²) in [6, 6.07) is 1.62. The summed E-state index contributed by atoms with van der Waals surface area (Å²) in [5.74, 6) is 0. The molecule has 0 aliphatic rings. The molecule has 4 heteroatoms. The van der Waals surface area contributed by atoms with Crippen molar-refractivity contribution in [2.24, 2.45) is 0 Å². The Balaban J connectivity index is 3.07. The number of nitrogens with zero attached hydrogens (tertiary/aromatic N) is 1. The van der Waals surface area contributed by atoms with Crippen molar-refractivity contribution in [1.82, 2.24) is 4.98 Å². The first-order valence-electron chi connectivity index (χ1n) is 2.60. The van der Waals surface area contributed by atoms with E-state index >= 15 is 0 Å². The van der Waals surface area contributed by atoms with Crippen LogP contribution in [0.1, 0.15) is 5.56 Å². The van der Waals surface area contributed by atoms with Crippen LogP contribution in [0.3, 0.4) is 0 Å². The summed E-state index contributed by atoms with van der Waals surface area (Å²) < 4.78 is 0. The Bertz CT molecular complexity index is 239. The smallest absolute Gasteiger partial charge is 0.130 e. The normalized spacial score (nSPS) is 9.90. The van der Waals surface area contributed by atoms with E-state index in [9.17, 15) is 0 Å². The highest BCUT2D eigenvalue weighted by molar-refractivity contribution is 9.08. The van der Waals surface area contributed by atoms with Crippen molar-refractivity contribution in [2.45, 2.75) is 5.33 Å². The molecule has 1 rings (SSSR count). The number of pyridine rings is 1. The zero-order chi connectivity index (χ0) is 7.56. The van der Waals surface area contributed by atoms with Gasteiger partial charge in [0.1, 0.15) is 5.15 Å². The third-order valence-corrected chi connectivity index (χ3v) is 2.20. The van der Waals surface area contributed by atoms with Crippen molar-refractivity contribution in [1.29, 1.82) is 0 Å². The van der Waals surface area contributed by atoms with Crippen molar-refractivity contribution in [3.63, 3.8) is 0 Å². The Kier molecular flexibility index (Phi) is 2.96. The maximum atomic E-state index is 5.78. The molecule has 0 bridgehead atoms. The van der Waals surface area contributed by atoms with Crippen molar-refractivity contribution in [2.75, 3.05) is 0 Å². The van der Waals surface area contributed by atoms with E-state index in [-0.39, 0.29) is 0 Å². The number of hydrogen-bond donors (Lipinski definition) is 0. The predicted octanol–water partition coefficient (Wildman–Crippen LogP) is 3.28. The van der Waals surface area contributed by atoms with Crippen molar-refractivity contribution in [3.05, 3.63) is 28.0 Å². The molecule has 0 N–H and O–H groups in total. The Morgan fingerprint density at radius 2 is 2.20 bits per heavy atom. The van der Waals surface area contributed by atoms with Crippen LogP contribution in [0, 0.1) is 0 Å². The minimum absolute atomic E-state index is 0.426. The average Bonchev–Trinajstić information content (AvgIpc) is 1.88. The van der Waals surface area contributed by atoms with E-state index in [1.165, 1.54) is 0 Å². The molecule has 0 fully saturated rings. The zero-order valence-electron chi connectivity index (χ0n) is 4.94. The molecular formula is C6H4BrCl2N. The number of alkyl halides is 1. The second kappa shape index (κ2) is 3.56. The molecule has 1 nitrogen and oxygen atoms in total. The molecule has 0 aromatic carbocycles. The highest BCUT2D eigenvalue weighted by Crippen LogP contribution is 2.20. The van der Waals surface area contributed by atoms with Crippen molar-refractivity contribution in [3.8, 4) is 0 Å². The van der Waals surface area contributed by atoms with Gasteiger partial charge in [-0.3, -0.25) is 0 Å². The highest BCUT2D eigenvalue weighted by atomic mass is 79.9. The molecule has 0 unspecified atom stereocenters. The van der Waals surface area contributed by atoms with Crippen LogP contribution in [-0.4, -0.2) is 4.98 Å². The molecule has 0 saturated heterocycles.